The van der Waals surface area contributed by atoms with Crippen LogP contribution in [-0.2, 0) is 0 Å². The summed E-state index contributed by atoms with van der Waals surface area (Å²) in [6, 6.07) is 15.5. The van der Waals surface area contributed by atoms with Gasteiger partial charge in [0.25, 0.3) is 5.91 Å². The number of carbonyl (C=O) groups is 1. The summed E-state index contributed by atoms with van der Waals surface area (Å²) >= 11 is 0. The monoisotopic (exact) mass is 342 g/mol. The maximum absolute atomic E-state index is 12.8. The van der Waals surface area contributed by atoms with Crippen LogP contribution in [0.2, 0.25) is 0 Å². The minimum Gasteiger partial charge on any atom is -0.321 e. The van der Waals surface area contributed by atoms with E-state index in [4.69, 9.17) is 0 Å². The number of fused-ring (bicyclic) bond motifs is 1. The summed E-state index contributed by atoms with van der Waals surface area (Å²) in [5.41, 5.74) is 5.02. The summed E-state index contributed by atoms with van der Waals surface area (Å²) in [5, 5.41) is 3.94. The third-order valence-corrected chi connectivity index (χ3v) is 4.43. The molecule has 4 rings (SSSR count). The zero-order chi connectivity index (χ0) is 18.1. The van der Waals surface area contributed by atoms with Crippen LogP contribution in [0.4, 0.5) is 5.69 Å². The van der Waals surface area contributed by atoms with Crippen molar-refractivity contribution in [1.82, 2.24) is 14.5 Å². The molecule has 0 fully saturated rings. The quantitative estimate of drug-likeness (QED) is 0.604. The van der Waals surface area contributed by atoms with E-state index >= 15 is 0 Å². The molecule has 0 aliphatic carbocycles. The molecule has 0 aliphatic rings. The highest BCUT2D eigenvalue weighted by atomic mass is 16.1. The van der Waals surface area contributed by atoms with Crippen LogP contribution in [0.3, 0.4) is 0 Å². The first-order chi connectivity index (χ1) is 12.6. The molecule has 3 heterocycles. The largest absolute Gasteiger partial charge is 0.321 e. The molecule has 0 saturated carbocycles. The Morgan fingerprint density at radius 2 is 1.88 bits per heavy atom. The fourth-order valence-electron chi connectivity index (χ4n) is 3.21. The van der Waals surface area contributed by atoms with E-state index < -0.39 is 0 Å². The number of hydrogen-bond donors (Lipinski definition) is 1. The third kappa shape index (κ3) is 2.84. The summed E-state index contributed by atoms with van der Waals surface area (Å²) in [6.45, 7) is 3.92. The van der Waals surface area contributed by atoms with Gasteiger partial charge in [-0.1, -0.05) is 18.2 Å². The Bertz CT molecular complexity index is 1100. The van der Waals surface area contributed by atoms with Gasteiger partial charge in [0, 0.05) is 23.0 Å². The van der Waals surface area contributed by atoms with Gasteiger partial charge in [-0.3, -0.25) is 14.8 Å². The number of nitrogens with one attached hydrogen (secondary N) is 1. The molecule has 26 heavy (non-hydrogen) atoms. The van der Waals surface area contributed by atoms with Gasteiger partial charge in [0.1, 0.15) is 0 Å². The molecule has 4 aromatic rings. The van der Waals surface area contributed by atoms with Crippen LogP contribution in [0.15, 0.2) is 67.1 Å². The van der Waals surface area contributed by atoms with Gasteiger partial charge >= 0.3 is 0 Å². The minimum absolute atomic E-state index is 0.148. The van der Waals surface area contributed by atoms with Crippen LogP contribution in [-0.4, -0.2) is 20.4 Å². The van der Waals surface area contributed by atoms with Crippen LogP contribution in [0.1, 0.15) is 21.7 Å². The van der Waals surface area contributed by atoms with E-state index in [0.29, 0.717) is 11.3 Å². The average molecular weight is 342 g/mol. The van der Waals surface area contributed by atoms with E-state index in [9.17, 15) is 4.79 Å². The molecule has 0 bridgehead atoms. The van der Waals surface area contributed by atoms with E-state index in [1.807, 2.05) is 66.9 Å². The number of pyridine rings is 2. The standard InChI is InChI=1S/C21H18N4O/c1-14-10-19(15(2)25(14)18-7-5-9-22-13-18)21(26)24-17-11-16-6-3-4-8-20(16)23-12-17/h3-13H,1-2H3,(H,24,26). The molecule has 1 N–H and O–H groups in total. The van der Waals surface area contributed by atoms with Crippen molar-refractivity contribution in [3.8, 4) is 5.69 Å². The SMILES string of the molecule is Cc1cc(C(=O)Nc2cnc3ccccc3c2)c(C)n1-c1cccnc1. The Morgan fingerprint density at radius 3 is 2.69 bits per heavy atom. The predicted octanol–water partition coefficient (Wildman–Crippen LogP) is 4.29. The van der Waals surface area contributed by atoms with E-state index in [1.54, 1.807) is 18.6 Å². The molecular formula is C21H18N4O. The van der Waals surface area contributed by atoms with Crippen molar-refractivity contribution < 1.29 is 4.79 Å². The van der Waals surface area contributed by atoms with Crippen molar-refractivity contribution in [3.05, 3.63) is 84.1 Å². The van der Waals surface area contributed by atoms with Gasteiger partial charge in [0.2, 0.25) is 0 Å². The summed E-state index contributed by atoms with van der Waals surface area (Å²) in [7, 11) is 0. The zero-order valence-electron chi connectivity index (χ0n) is 14.6. The van der Waals surface area contributed by atoms with Crippen molar-refractivity contribution in [2.24, 2.45) is 0 Å². The summed E-state index contributed by atoms with van der Waals surface area (Å²) < 4.78 is 2.03. The lowest BCUT2D eigenvalue weighted by molar-refractivity contribution is 0.102. The lowest BCUT2D eigenvalue weighted by Crippen LogP contribution is -2.13. The number of amides is 1. The summed E-state index contributed by atoms with van der Waals surface area (Å²) in [4.78, 5) is 21.4. The summed E-state index contributed by atoms with van der Waals surface area (Å²) in [5.74, 6) is -0.148. The normalized spacial score (nSPS) is 10.8. The van der Waals surface area contributed by atoms with E-state index in [0.717, 1.165) is 28.0 Å². The highest BCUT2D eigenvalue weighted by Crippen LogP contribution is 2.22. The van der Waals surface area contributed by atoms with Crippen LogP contribution in [0.5, 0.6) is 0 Å². The third-order valence-electron chi connectivity index (χ3n) is 4.43. The molecule has 0 unspecified atom stereocenters. The van der Waals surface area contributed by atoms with Gasteiger partial charge in [-0.05, 0) is 44.2 Å². The predicted molar refractivity (Wildman–Crippen MR) is 103 cm³/mol. The van der Waals surface area contributed by atoms with E-state index in [-0.39, 0.29) is 5.91 Å². The molecule has 0 atom stereocenters. The molecule has 0 radical (unpaired) electrons. The van der Waals surface area contributed by atoms with Gasteiger partial charge < -0.3 is 9.88 Å². The smallest absolute Gasteiger partial charge is 0.257 e. The number of para-hydroxylation sites is 1. The van der Waals surface area contributed by atoms with Gasteiger partial charge in [0.05, 0.1) is 34.8 Å². The van der Waals surface area contributed by atoms with Crippen LogP contribution >= 0.6 is 0 Å². The van der Waals surface area contributed by atoms with Crippen LogP contribution in [0.25, 0.3) is 16.6 Å². The van der Waals surface area contributed by atoms with Gasteiger partial charge in [0.15, 0.2) is 0 Å². The number of anilines is 1. The van der Waals surface area contributed by atoms with Crippen LogP contribution < -0.4 is 5.32 Å². The van der Waals surface area contributed by atoms with Gasteiger partial charge in [-0.25, -0.2) is 0 Å². The van der Waals surface area contributed by atoms with Crippen molar-refractivity contribution in [1.29, 1.82) is 0 Å². The molecule has 128 valence electrons. The highest BCUT2D eigenvalue weighted by molar-refractivity contribution is 6.06. The summed E-state index contributed by atoms with van der Waals surface area (Å²) in [6.07, 6.45) is 5.20. The average Bonchev–Trinajstić information content (AvgIpc) is 2.96. The number of nitrogens with zero attached hydrogens (tertiary/aromatic N) is 3. The Kier molecular flexibility index (Phi) is 3.97. The fourth-order valence-corrected chi connectivity index (χ4v) is 3.21. The topological polar surface area (TPSA) is 59.8 Å². The van der Waals surface area contributed by atoms with E-state index in [1.165, 1.54) is 0 Å². The molecule has 5 nitrogen and oxygen atoms in total. The number of hydrogen-bond acceptors (Lipinski definition) is 3. The van der Waals surface area contributed by atoms with Crippen molar-refractivity contribution >= 4 is 22.5 Å². The fraction of sp³-hybridized carbons (Fsp3) is 0.0952. The lowest BCUT2D eigenvalue weighted by atomic mass is 10.2. The van der Waals surface area contributed by atoms with Gasteiger partial charge in [-0.15, -0.1) is 0 Å². The first-order valence-corrected chi connectivity index (χ1v) is 8.39. The lowest BCUT2D eigenvalue weighted by Gasteiger charge is -2.09. The number of rotatable bonds is 3. The number of benzene rings is 1. The first-order valence-electron chi connectivity index (χ1n) is 8.39. The molecule has 1 amide bonds. The minimum atomic E-state index is -0.148. The Hall–Kier alpha value is -3.47. The molecule has 5 heteroatoms. The van der Waals surface area contributed by atoms with Crippen LogP contribution in [0, 0.1) is 13.8 Å². The second-order valence-corrected chi connectivity index (χ2v) is 6.20. The number of aryl methyl sites for hydroxylation is 1. The molecule has 0 saturated heterocycles. The van der Waals surface area contributed by atoms with Crippen molar-refractivity contribution in [3.63, 3.8) is 0 Å². The Morgan fingerprint density at radius 1 is 1.04 bits per heavy atom. The van der Waals surface area contributed by atoms with E-state index in [2.05, 4.69) is 15.3 Å². The molecule has 0 aliphatic heterocycles. The Labute approximate surface area is 151 Å². The number of aromatic nitrogens is 3. The Balaban J connectivity index is 1.66. The highest BCUT2D eigenvalue weighted by Gasteiger charge is 2.17. The maximum Gasteiger partial charge on any atom is 0.257 e. The number of carbonyl (C=O) groups excluding carboxylic acids is 1. The molecule has 3 aromatic heterocycles. The maximum atomic E-state index is 12.8. The molecule has 0 spiro atoms. The van der Waals surface area contributed by atoms with Crippen molar-refractivity contribution in [2.75, 3.05) is 5.32 Å². The molecular weight excluding hydrogens is 324 g/mol. The second-order valence-electron chi connectivity index (χ2n) is 6.20. The first kappa shape index (κ1) is 16.0. The molecule has 1 aromatic carbocycles. The zero-order valence-corrected chi connectivity index (χ0v) is 14.6. The van der Waals surface area contributed by atoms with Crippen molar-refractivity contribution in [2.45, 2.75) is 13.8 Å². The van der Waals surface area contributed by atoms with Gasteiger partial charge in [-0.2, -0.15) is 0 Å². The second kappa shape index (κ2) is 6.44.